The van der Waals surface area contributed by atoms with Crippen molar-refractivity contribution in [2.24, 2.45) is 23.3 Å². The smallest absolute Gasteiger partial charge is 0.309 e. The second kappa shape index (κ2) is 9.61. The summed E-state index contributed by atoms with van der Waals surface area (Å²) in [6, 6.07) is 0. The summed E-state index contributed by atoms with van der Waals surface area (Å²) in [5, 5.41) is 0. The molecule has 0 bridgehead atoms. The number of alkyl halides is 2. The van der Waals surface area contributed by atoms with Crippen LogP contribution in [0.4, 0.5) is 0 Å². The summed E-state index contributed by atoms with van der Waals surface area (Å²) < 4.78 is 4.93. The predicted molar refractivity (Wildman–Crippen MR) is 106 cm³/mol. The van der Waals surface area contributed by atoms with Crippen LogP contribution in [-0.4, -0.2) is 31.9 Å². The van der Waals surface area contributed by atoms with Crippen molar-refractivity contribution in [2.75, 3.05) is 13.2 Å². The van der Waals surface area contributed by atoms with Crippen molar-refractivity contribution in [1.82, 2.24) is 0 Å². The van der Waals surface area contributed by atoms with Crippen molar-refractivity contribution in [2.45, 2.75) is 53.8 Å². The second-order valence-electron chi connectivity index (χ2n) is 6.68. The second-order valence-corrected chi connectivity index (χ2v) is 12.4. The van der Waals surface area contributed by atoms with Crippen molar-refractivity contribution in [1.29, 1.82) is 0 Å². The Morgan fingerprint density at radius 2 is 1.73 bits per heavy atom. The minimum Gasteiger partial charge on any atom is -0.465 e. The zero-order chi connectivity index (χ0) is 17.6. The molecule has 0 aliphatic carbocycles. The zero-order valence-corrected chi connectivity index (χ0v) is 18.1. The van der Waals surface area contributed by atoms with E-state index < -0.39 is 0 Å². The number of amides is 1. The van der Waals surface area contributed by atoms with Gasteiger partial charge in [0.15, 0.2) is 0 Å². The molecule has 0 heterocycles. The van der Waals surface area contributed by atoms with E-state index in [1.54, 1.807) is 0 Å². The van der Waals surface area contributed by atoms with Gasteiger partial charge in [0.1, 0.15) is 0 Å². The number of carbonyl (C=O) groups excluding carboxylic acids is 2. The summed E-state index contributed by atoms with van der Waals surface area (Å²) in [5.74, 6) is -1.34. The molecule has 1 amide bonds. The Morgan fingerprint density at radius 3 is 2.09 bits per heavy atom. The molecule has 0 fully saturated rings. The first kappa shape index (κ1) is 22.4. The van der Waals surface area contributed by atoms with Gasteiger partial charge in [-0.2, -0.15) is 0 Å². The van der Waals surface area contributed by atoms with Crippen LogP contribution >= 0.6 is 45.2 Å². The van der Waals surface area contributed by atoms with Crippen LogP contribution < -0.4 is 11.5 Å². The Hall–Kier alpha value is 0.360. The molecule has 0 saturated carbocycles. The van der Waals surface area contributed by atoms with Gasteiger partial charge in [0.2, 0.25) is 5.91 Å². The first-order valence-electron chi connectivity index (χ1n) is 7.42. The van der Waals surface area contributed by atoms with Crippen LogP contribution in [-0.2, 0) is 14.3 Å². The van der Waals surface area contributed by atoms with E-state index in [0.717, 1.165) is 0 Å². The highest BCUT2D eigenvalue weighted by molar-refractivity contribution is 14.1. The normalized spacial score (nSPS) is 15.2. The quantitative estimate of drug-likeness (QED) is 0.194. The van der Waals surface area contributed by atoms with E-state index in [0.29, 0.717) is 32.4 Å². The lowest BCUT2D eigenvalue weighted by molar-refractivity contribution is -0.150. The van der Waals surface area contributed by atoms with Crippen LogP contribution in [0.25, 0.3) is 0 Å². The third-order valence-corrected chi connectivity index (χ3v) is 4.54. The summed E-state index contributed by atoms with van der Waals surface area (Å²) in [6.45, 7) is 8.83. The molecule has 0 rings (SSSR count). The summed E-state index contributed by atoms with van der Waals surface area (Å²) in [4.78, 5) is 24.1. The van der Waals surface area contributed by atoms with Gasteiger partial charge in [0.05, 0.1) is 18.4 Å². The molecule has 4 N–H and O–H groups in total. The summed E-state index contributed by atoms with van der Waals surface area (Å²) >= 11 is 4.52. The number of carbonyl (C=O) groups is 2. The van der Waals surface area contributed by atoms with Gasteiger partial charge in [-0.3, -0.25) is 9.59 Å². The van der Waals surface area contributed by atoms with E-state index >= 15 is 0 Å². The number of ether oxygens (including phenoxy) is 1. The highest BCUT2D eigenvalue weighted by Crippen LogP contribution is 2.36. The average molecular weight is 538 g/mol. The van der Waals surface area contributed by atoms with Gasteiger partial charge >= 0.3 is 5.97 Å². The predicted octanol–water partition coefficient (Wildman–Crippen LogP) is 2.80. The minimum atomic E-state index is -0.376. The summed E-state index contributed by atoms with van der Waals surface area (Å²) in [7, 11) is 0. The molecule has 0 aliphatic heterocycles. The van der Waals surface area contributed by atoms with Gasteiger partial charge in [-0.15, -0.1) is 0 Å². The molecule has 0 radical (unpaired) electrons. The number of halogens is 2. The molecular formula is C15H28I2N2O3. The molecule has 22 heavy (non-hydrogen) atoms. The van der Waals surface area contributed by atoms with Crippen LogP contribution in [0, 0.1) is 11.8 Å². The molecule has 0 aromatic rings. The van der Waals surface area contributed by atoms with E-state index in [4.69, 9.17) is 16.2 Å². The minimum absolute atomic E-state index is 0.0626. The van der Waals surface area contributed by atoms with Gasteiger partial charge in [0, 0.05) is 6.84 Å². The maximum absolute atomic E-state index is 12.4. The summed E-state index contributed by atoms with van der Waals surface area (Å²) in [6.07, 6.45) is 1.70. The number of rotatable bonds is 10. The van der Waals surface area contributed by atoms with Crippen LogP contribution in [0.5, 0.6) is 0 Å². The lowest BCUT2D eigenvalue weighted by Gasteiger charge is -2.31. The fourth-order valence-corrected chi connectivity index (χ4v) is 3.33. The van der Waals surface area contributed by atoms with E-state index in [9.17, 15) is 9.59 Å². The standard InChI is InChI=1S/C15H28I2N2O3/c1-14(2,16)9-10(13(21)22-7-5-6-18)8-11(12(19)20)15(3,4)17/h10-11H,5-9,18H2,1-4H3,(H2,19,20). The van der Waals surface area contributed by atoms with Crippen LogP contribution in [0.1, 0.15) is 47.0 Å². The Bertz CT molecular complexity index is 376. The van der Waals surface area contributed by atoms with Crippen molar-refractivity contribution in [3.05, 3.63) is 0 Å². The molecule has 7 heteroatoms. The Morgan fingerprint density at radius 1 is 1.18 bits per heavy atom. The Labute approximate surface area is 160 Å². The van der Waals surface area contributed by atoms with Crippen molar-refractivity contribution in [3.63, 3.8) is 0 Å². The van der Waals surface area contributed by atoms with Crippen molar-refractivity contribution in [3.8, 4) is 0 Å². The highest BCUT2D eigenvalue weighted by atomic mass is 127. The molecule has 0 saturated heterocycles. The van der Waals surface area contributed by atoms with Gasteiger partial charge in [-0.25, -0.2) is 0 Å². The lowest BCUT2D eigenvalue weighted by atomic mass is 9.82. The summed E-state index contributed by atoms with van der Waals surface area (Å²) in [5.41, 5.74) is 11.0. The molecule has 0 aromatic carbocycles. The van der Waals surface area contributed by atoms with E-state index in [1.807, 2.05) is 13.8 Å². The van der Waals surface area contributed by atoms with Crippen LogP contribution in [0.2, 0.25) is 0 Å². The molecule has 5 nitrogen and oxygen atoms in total. The van der Waals surface area contributed by atoms with E-state index in [-0.39, 0.29) is 30.6 Å². The fourth-order valence-electron chi connectivity index (χ4n) is 2.24. The molecule has 0 spiro atoms. The topological polar surface area (TPSA) is 95.4 Å². The van der Waals surface area contributed by atoms with Gasteiger partial charge in [0.25, 0.3) is 0 Å². The molecule has 0 aromatic heterocycles. The monoisotopic (exact) mass is 538 g/mol. The molecular weight excluding hydrogens is 510 g/mol. The molecule has 2 atom stereocenters. The van der Waals surface area contributed by atoms with Crippen LogP contribution in [0.15, 0.2) is 0 Å². The largest absolute Gasteiger partial charge is 0.465 e. The number of nitrogens with two attached hydrogens (primary N) is 2. The highest BCUT2D eigenvalue weighted by Gasteiger charge is 2.37. The number of primary amides is 1. The maximum Gasteiger partial charge on any atom is 0.309 e. The number of hydrogen-bond donors (Lipinski definition) is 2. The zero-order valence-electron chi connectivity index (χ0n) is 13.8. The molecule has 2 unspecified atom stereocenters. The first-order valence-corrected chi connectivity index (χ1v) is 9.58. The fraction of sp³-hybridized carbons (Fsp3) is 0.867. The van der Waals surface area contributed by atoms with E-state index in [1.165, 1.54) is 0 Å². The van der Waals surface area contributed by atoms with E-state index in [2.05, 4.69) is 59.0 Å². The van der Waals surface area contributed by atoms with Crippen molar-refractivity contribution >= 4 is 57.1 Å². The van der Waals surface area contributed by atoms with Gasteiger partial charge < -0.3 is 16.2 Å². The molecule has 0 aliphatic rings. The lowest BCUT2D eigenvalue weighted by Crippen LogP contribution is -2.40. The Balaban J connectivity index is 5.06. The van der Waals surface area contributed by atoms with Crippen molar-refractivity contribution < 1.29 is 14.3 Å². The third kappa shape index (κ3) is 9.49. The van der Waals surface area contributed by atoms with Gasteiger partial charge in [-0.05, 0) is 25.8 Å². The number of hydrogen-bond acceptors (Lipinski definition) is 4. The molecule has 130 valence electrons. The maximum atomic E-state index is 12.4. The van der Waals surface area contributed by atoms with Gasteiger partial charge in [-0.1, -0.05) is 72.9 Å². The Kier molecular flexibility index (Phi) is 9.76. The van der Waals surface area contributed by atoms with Crippen LogP contribution in [0.3, 0.4) is 0 Å². The average Bonchev–Trinajstić information content (AvgIpc) is 2.31. The first-order chi connectivity index (χ1) is 9.88. The SMILES string of the molecule is CC(C)(I)CC(CC(C(N)=O)C(C)(C)I)C(=O)OCCCN. The number of esters is 1. The third-order valence-electron chi connectivity index (χ3n) is 3.35.